The minimum atomic E-state index is -0.187. The molecule has 0 aromatic heterocycles. The first-order chi connectivity index (χ1) is 13.1. The van der Waals surface area contributed by atoms with Gasteiger partial charge in [-0.05, 0) is 48.9 Å². The molecule has 0 aliphatic carbocycles. The molecule has 6 heteroatoms. The number of piperazine rings is 1. The Morgan fingerprint density at radius 1 is 1.04 bits per heavy atom. The minimum absolute atomic E-state index is 0.187. The standard InChI is InChI=1S/C21H24ClN3O2/c1-2-4-20(26)25-13-11-24(12-14-25)19-9-7-18(8-10-19)23-21(27)16-5-3-6-17(22)15-16/h3,5-10,15H,2,4,11-14H2,1H3,(H,23,27). The van der Waals surface area contributed by atoms with E-state index in [-0.39, 0.29) is 11.8 Å². The van der Waals surface area contributed by atoms with Crippen LogP contribution in [-0.2, 0) is 4.79 Å². The number of nitrogens with zero attached hydrogens (tertiary/aromatic N) is 2. The quantitative estimate of drug-likeness (QED) is 0.845. The average Bonchev–Trinajstić information content (AvgIpc) is 2.69. The average molecular weight is 386 g/mol. The molecule has 1 aliphatic rings. The topological polar surface area (TPSA) is 52.7 Å². The van der Waals surface area contributed by atoms with E-state index in [4.69, 9.17) is 11.6 Å². The summed E-state index contributed by atoms with van der Waals surface area (Å²) in [5.74, 6) is 0.0597. The number of carbonyl (C=O) groups is 2. The smallest absolute Gasteiger partial charge is 0.255 e. The van der Waals surface area contributed by atoms with Gasteiger partial charge in [0, 0.05) is 54.6 Å². The van der Waals surface area contributed by atoms with E-state index in [2.05, 4.69) is 10.2 Å². The second-order valence-corrected chi connectivity index (χ2v) is 7.07. The molecular formula is C21H24ClN3O2. The van der Waals surface area contributed by atoms with E-state index in [1.54, 1.807) is 24.3 Å². The molecule has 1 aliphatic heterocycles. The molecule has 142 valence electrons. The monoisotopic (exact) mass is 385 g/mol. The van der Waals surface area contributed by atoms with E-state index in [1.165, 1.54) is 0 Å². The van der Waals surface area contributed by atoms with E-state index in [0.29, 0.717) is 17.0 Å². The van der Waals surface area contributed by atoms with Gasteiger partial charge in [-0.3, -0.25) is 9.59 Å². The van der Waals surface area contributed by atoms with Crippen LogP contribution >= 0.6 is 11.6 Å². The van der Waals surface area contributed by atoms with Gasteiger partial charge in [-0.25, -0.2) is 0 Å². The third-order valence-corrected chi connectivity index (χ3v) is 4.91. The summed E-state index contributed by atoms with van der Waals surface area (Å²) in [6.45, 7) is 5.19. The number of hydrogen-bond donors (Lipinski definition) is 1. The van der Waals surface area contributed by atoms with E-state index >= 15 is 0 Å². The molecule has 0 unspecified atom stereocenters. The summed E-state index contributed by atoms with van der Waals surface area (Å²) in [5, 5.41) is 3.42. The lowest BCUT2D eigenvalue weighted by molar-refractivity contribution is -0.131. The van der Waals surface area contributed by atoms with Crippen LogP contribution < -0.4 is 10.2 Å². The number of nitrogens with one attached hydrogen (secondary N) is 1. The van der Waals surface area contributed by atoms with Gasteiger partial charge in [0.15, 0.2) is 0 Å². The summed E-state index contributed by atoms with van der Waals surface area (Å²) in [4.78, 5) is 28.5. The number of halogens is 1. The lowest BCUT2D eigenvalue weighted by atomic mass is 10.2. The fourth-order valence-corrected chi connectivity index (χ4v) is 3.36. The highest BCUT2D eigenvalue weighted by Gasteiger charge is 2.20. The molecule has 2 aromatic rings. The summed E-state index contributed by atoms with van der Waals surface area (Å²) in [6.07, 6.45) is 1.52. The molecule has 3 rings (SSSR count). The Morgan fingerprint density at radius 3 is 2.37 bits per heavy atom. The van der Waals surface area contributed by atoms with E-state index in [9.17, 15) is 9.59 Å². The van der Waals surface area contributed by atoms with Crippen molar-refractivity contribution in [1.82, 2.24) is 4.90 Å². The molecule has 2 amide bonds. The van der Waals surface area contributed by atoms with Crippen molar-refractivity contribution in [2.24, 2.45) is 0 Å². The summed E-state index contributed by atoms with van der Waals surface area (Å²) in [6, 6.07) is 14.7. The van der Waals surface area contributed by atoms with Crippen molar-refractivity contribution in [2.45, 2.75) is 19.8 Å². The molecule has 0 radical (unpaired) electrons. The molecule has 0 atom stereocenters. The third kappa shape index (κ3) is 5.01. The second kappa shape index (κ2) is 8.91. The van der Waals surface area contributed by atoms with Crippen LogP contribution in [0.5, 0.6) is 0 Å². The van der Waals surface area contributed by atoms with Crippen LogP contribution in [0.1, 0.15) is 30.1 Å². The molecule has 1 saturated heterocycles. The van der Waals surface area contributed by atoms with Gasteiger partial charge in [-0.1, -0.05) is 24.6 Å². The van der Waals surface area contributed by atoms with Gasteiger partial charge in [0.25, 0.3) is 5.91 Å². The van der Waals surface area contributed by atoms with Gasteiger partial charge >= 0.3 is 0 Å². The fourth-order valence-electron chi connectivity index (χ4n) is 3.17. The summed E-state index contributed by atoms with van der Waals surface area (Å²) in [5.41, 5.74) is 2.36. The zero-order valence-electron chi connectivity index (χ0n) is 15.5. The largest absolute Gasteiger partial charge is 0.368 e. The molecule has 27 heavy (non-hydrogen) atoms. The van der Waals surface area contributed by atoms with E-state index < -0.39 is 0 Å². The van der Waals surface area contributed by atoms with Crippen molar-refractivity contribution in [3.05, 3.63) is 59.1 Å². The number of amides is 2. The Hall–Kier alpha value is -2.53. The highest BCUT2D eigenvalue weighted by molar-refractivity contribution is 6.31. The molecule has 0 spiro atoms. The summed E-state index contributed by atoms with van der Waals surface area (Å²) in [7, 11) is 0. The number of carbonyl (C=O) groups excluding carboxylic acids is 2. The Labute approximate surface area is 164 Å². The van der Waals surface area contributed by atoms with Gasteiger partial charge < -0.3 is 15.1 Å². The van der Waals surface area contributed by atoms with Crippen molar-refractivity contribution < 1.29 is 9.59 Å². The Bertz CT molecular complexity index is 799. The third-order valence-electron chi connectivity index (χ3n) is 4.67. The van der Waals surface area contributed by atoms with Crippen molar-refractivity contribution in [2.75, 3.05) is 36.4 Å². The van der Waals surface area contributed by atoms with Crippen molar-refractivity contribution in [3.63, 3.8) is 0 Å². The Kier molecular flexibility index (Phi) is 6.35. The van der Waals surface area contributed by atoms with Crippen LogP contribution in [0.4, 0.5) is 11.4 Å². The predicted molar refractivity (Wildman–Crippen MR) is 110 cm³/mol. The van der Waals surface area contributed by atoms with E-state index in [1.807, 2.05) is 36.1 Å². The van der Waals surface area contributed by atoms with Crippen molar-refractivity contribution >= 4 is 34.8 Å². The highest BCUT2D eigenvalue weighted by atomic mass is 35.5. The van der Waals surface area contributed by atoms with Gasteiger partial charge in [-0.2, -0.15) is 0 Å². The van der Waals surface area contributed by atoms with E-state index in [0.717, 1.165) is 44.0 Å². The van der Waals surface area contributed by atoms with Crippen LogP contribution in [0.3, 0.4) is 0 Å². The highest BCUT2D eigenvalue weighted by Crippen LogP contribution is 2.21. The van der Waals surface area contributed by atoms with Gasteiger partial charge in [0.05, 0.1) is 0 Å². The van der Waals surface area contributed by atoms with Crippen LogP contribution in [0.25, 0.3) is 0 Å². The SMILES string of the molecule is CCCC(=O)N1CCN(c2ccc(NC(=O)c3cccc(Cl)c3)cc2)CC1. The lowest BCUT2D eigenvalue weighted by Gasteiger charge is -2.36. The molecule has 1 fully saturated rings. The molecule has 2 aromatic carbocycles. The van der Waals surface area contributed by atoms with Gasteiger partial charge in [0.1, 0.15) is 0 Å². The minimum Gasteiger partial charge on any atom is -0.368 e. The zero-order valence-corrected chi connectivity index (χ0v) is 16.2. The number of benzene rings is 2. The Balaban J connectivity index is 1.56. The lowest BCUT2D eigenvalue weighted by Crippen LogP contribution is -2.48. The van der Waals surface area contributed by atoms with Crippen LogP contribution in [-0.4, -0.2) is 42.9 Å². The summed E-state index contributed by atoms with van der Waals surface area (Å²) < 4.78 is 0. The van der Waals surface area contributed by atoms with Crippen molar-refractivity contribution in [1.29, 1.82) is 0 Å². The number of anilines is 2. The molecule has 1 N–H and O–H groups in total. The second-order valence-electron chi connectivity index (χ2n) is 6.63. The van der Waals surface area contributed by atoms with Crippen LogP contribution in [0.15, 0.2) is 48.5 Å². The fraction of sp³-hybridized carbons (Fsp3) is 0.333. The van der Waals surface area contributed by atoms with Crippen molar-refractivity contribution in [3.8, 4) is 0 Å². The predicted octanol–water partition coefficient (Wildman–Crippen LogP) is 4.04. The maximum absolute atomic E-state index is 12.3. The zero-order chi connectivity index (χ0) is 19.2. The number of hydrogen-bond acceptors (Lipinski definition) is 3. The number of rotatable bonds is 5. The van der Waals surface area contributed by atoms with Crippen LogP contribution in [0.2, 0.25) is 5.02 Å². The first kappa shape index (κ1) is 19.2. The van der Waals surface area contributed by atoms with Gasteiger partial charge in [-0.15, -0.1) is 0 Å². The normalized spacial score (nSPS) is 14.1. The molecule has 5 nitrogen and oxygen atoms in total. The van der Waals surface area contributed by atoms with Crippen LogP contribution in [0, 0.1) is 0 Å². The van der Waals surface area contributed by atoms with Gasteiger partial charge in [0.2, 0.25) is 5.91 Å². The molecule has 0 saturated carbocycles. The maximum Gasteiger partial charge on any atom is 0.255 e. The maximum atomic E-state index is 12.3. The Morgan fingerprint density at radius 2 is 1.74 bits per heavy atom. The summed E-state index contributed by atoms with van der Waals surface area (Å²) >= 11 is 5.94. The molecule has 0 bridgehead atoms. The first-order valence-electron chi connectivity index (χ1n) is 9.26. The molecule has 1 heterocycles. The first-order valence-corrected chi connectivity index (χ1v) is 9.64. The molecular weight excluding hydrogens is 362 g/mol.